The van der Waals surface area contributed by atoms with Crippen LogP contribution in [0.4, 0.5) is 0 Å². The molecule has 0 aliphatic carbocycles. The van der Waals surface area contributed by atoms with E-state index in [1.165, 1.54) is 0 Å². The van der Waals surface area contributed by atoms with Crippen LogP contribution >= 0.6 is 0 Å². The molecule has 9 nitrogen and oxygen atoms in total. The Morgan fingerprint density at radius 2 is 1.00 bits per heavy atom. The Kier molecular flexibility index (Phi) is 46.5. The first kappa shape index (κ1) is 43.0. The van der Waals surface area contributed by atoms with E-state index in [-0.39, 0.29) is 137 Å². The van der Waals surface area contributed by atoms with Gasteiger partial charge in [0.2, 0.25) is 0 Å². The Balaban J connectivity index is -0.0000000480. The van der Waals surface area contributed by atoms with Crippen LogP contribution in [0.2, 0.25) is 0 Å². The Hall–Kier alpha value is 2.55. The minimum atomic E-state index is -2.74. The van der Waals surface area contributed by atoms with E-state index in [0.717, 1.165) is 0 Å². The molecule has 0 radical (unpaired) electrons. The molecule has 13 heteroatoms. The topological polar surface area (TPSA) is 195 Å². The molecule has 0 amide bonds. The first-order valence-electron chi connectivity index (χ1n) is 3.17. The van der Waals surface area contributed by atoms with E-state index >= 15 is 0 Å². The van der Waals surface area contributed by atoms with Gasteiger partial charge in [0.25, 0.3) is 0 Å². The molecule has 0 saturated heterocycles. The molecule has 0 bridgehead atoms. The fraction of sp³-hybridized carbons (Fsp3) is 0.500. The van der Waals surface area contributed by atoms with Gasteiger partial charge in [-0.2, -0.15) is 0 Å². The number of carbonyl (C=O) groups is 3. The summed E-state index contributed by atoms with van der Waals surface area (Å²) < 4.78 is 0. The summed E-state index contributed by atoms with van der Waals surface area (Å²) >= 11 is 0. The summed E-state index contributed by atoms with van der Waals surface area (Å²) in [6.45, 7) is 0. The van der Waals surface area contributed by atoms with Gasteiger partial charge in [-0.15, -0.1) is 0 Å². The molecule has 100 valence electrons. The van der Waals surface area contributed by atoms with E-state index in [0.29, 0.717) is 0 Å². The molecule has 0 aromatic rings. The van der Waals surface area contributed by atoms with Crippen LogP contribution in [0, 0.1) is 0 Å². The van der Waals surface area contributed by atoms with E-state index in [4.69, 9.17) is 20.4 Å². The molecule has 0 aromatic heterocycles. The van der Waals surface area contributed by atoms with E-state index in [9.17, 15) is 14.4 Å². The second kappa shape index (κ2) is 20.5. The molecular formula is C6H17CaNa3O9. The number of rotatable bonds is 5. The average Bonchev–Trinajstić information content (AvgIpc) is 1.82. The van der Waals surface area contributed by atoms with Crippen molar-refractivity contribution in [1.82, 2.24) is 0 Å². The van der Waals surface area contributed by atoms with Gasteiger partial charge in [0.15, 0.2) is 5.60 Å². The Labute approximate surface area is 205 Å². The summed E-state index contributed by atoms with van der Waals surface area (Å²) in [6, 6.07) is 0. The zero-order chi connectivity index (χ0) is 10.6. The molecule has 0 fully saturated rings. The average molecular weight is 342 g/mol. The molecule has 0 aromatic carbocycles. The van der Waals surface area contributed by atoms with E-state index in [1.807, 2.05) is 0 Å². The number of carboxylic acids is 3. The number of aliphatic carboxylic acids is 3. The summed E-state index contributed by atoms with van der Waals surface area (Å²) in [5, 5.41) is 33.8. The normalized spacial score (nSPS) is 7.42. The quantitative estimate of drug-likeness (QED) is 0.357. The third kappa shape index (κ3) is 20.5. The van der Waals surface area contributed by atoms with Crippen molar-refractivity contribution in [3.05, 3.63) is 0 Å². The molecule has 0 unspecified atom stereocenters. The van der Waals surface area contributed by atoms with Crippen LogP contribution < -0.4 is 0 Å². The van der Waals surface area contributed by atoms with E-state index in [1.54, 1.807) is 0 Å². The summed E-state index contributed by atoms with van der Waals surface area (Å²) in [4.78, 5) is 30.5. The maximum absolute atomic E-state index is 10.3. The van der Waals surface area contributed by atoms with Crippen molar-refractivity contribution >= 4 is 144 Å². The molecule has 0 aliphatic rings. The van der Waals surface area contributed by atoms with Crippen LogP contribution in [0.3, 0.4) is 0 Å². The van der Waals surface area contributed by atoms with Crippen molar-refractivity contribution < 1.29 is 45.8 Å². The number of hydrogen-bond acceptors (Lipinski definition) is 4. The fourth-order valence-electron chi connectivity index (χ4n) is 0.714. The number of aliphatic hydroxyl groups is 1. The molecule has 0 spiro atoms. The van der Waals surface area contributed by atoms with Crippen LogP contribution in [0.15, 0.2) is 0 Å². The molecule has 0 atom stereocenters. The zero-order valence-electron chi connectivity index (χ0n) is 7.43. The first-order chi connectivity index (χ1) is 5.78. The van der Waals surface area contributed by atoms with Gasteiger partial charge in [-0.3, -0.25) is 9.59 Å². The van der Waals surface area contributed by atoms with Crippen molar-refractivity contribution in [2.45, 2.75) is 18.4 Å². The van der Waals surface area contributed by atoms with Gasteiger partial charge in [0, 0.05) is 0 Å². The van der Waals surface area contributed by atoms with Crippen molar-refractivity contribution in [2.24, 2.45) is 0 Å². The van der Waals surface area contributed by atoms with Crippen molar-refractivity contribution in [2.75, 3.05) is 0 Å². The summed E-state index contributed by atoms with van der Waals surface area (Å²) in [5.41, 5.74) is -2.74. The molecular weight excluding hydrogens is 325 g/mol. The Bertz CT molecular complexity index is 246. The number of carboxylic acid groups (broad SMARTS) is 3. The van der Waals surface area contributed by atoms with Crippen molar-refractivity contribution in [3.8, 4) is 0 Å². The van der Waals surface area contributed by atoms with E-state index < -0.39 is 36.4 Å². The van der Waals surface area contributed by atoms with Crippen LogP contribution in [0.1, 0.15) is 12.8 Å². The zero-order valence-corrected chi connectivity index (χ0v) is 7.43. The predicted molar refractivity (Wildman–Crippen MR) is 74.3 cm³/mol. The summed E-state index contributed by atoms with van der Waals surface area (Å²) in [7, 11) is 0. The van der Waals surface area contributed by atoms with Gasteiger partial charge in [-0.05, 0) is 0 Å². The fourth-order valence-corrected chi connectivity index (χ4v) is 0.714. The molecule has 0 saturated carbocycles. The molecule has 0 rings (SSSR count). The third-order valence-electron chi connectivity index (χ3n) is 1.29. The van der Waals surface area contributed by atoms with Gasteiger partial charge >= 0.3 is 144 Å². The number of hydrogen-bond donors (Lipinski definition) is 4. The van der Waals surface area contributed by atoms with Crippen molar-refractivity contribution in [1.29, 1.82) is 0 Å². The monoisotopic (exact) mass is 342 g/mol. The van der Waals surface area contributed by atoms with Gasteiger partial charge in [0.05, 0.1) is 12.8 Å². The van der Waals surface area contributed by atoms with Gasteiger partial charge in [0.1, 0.15) is 0 Å². The van der Waals surface area contributed by atoms with Crippen LogP contribution in [0.25, 0.3) is 0 Å². The van der Waals surface area contributed by atoms with Crippen LogP contribution in [-0.4, -0.2) is 181 Å². The van der Waals surface area contributed by atoms with Gasteiger partial charge in [-0.1, -0.05) is 0 Å². The second-order valence-electron chi connectivity index (χ2n) is 2.48. The third-order valence-corrected chi connectivity index (χ3v) is 1.29. The van der Waals surface area contributed by atoms with Crippen LogP contribution in [-0.2, 0) is 14.4 Å². The molecule has 8 N–H and O–H groups in total. The van der Waals surface area contributed by atoms with Gasteiger partial charge < -0.3 is 31.4 Å². The summed E-state index contributed by atoms with van der Waals surface area (Å²) in [5.74, 6) is -5.02. The van der Waals surface area contributed by atoms with E-state index in [2.05, 4.69) is 0 Å². The minimum absolute atomic E-state index is 0. The van der Waals surface area contributed by atoms with Gasteiger partial charge in [-0.25, -0.2) is 4.79 Å². The molecule has 0 heterocycles. The first-order valence-corrected chi connectivity index (χ1v) is 3.17. The summed E-state index contributed by atoms with van der Waals surface area (Å²) in [6.07, 6.45) is -2.29. The Morgan fingerprint density at radius 3 is 1.11 bits per heavy atom. The second-order valence-corrected chi connectivity index (χ2v) is 2.48. The standard InChI is InChI=1S/C6H8O7.Ca.3Na.2H2O.5H/c7-3(8)1-6(13,5(11)12)2-4(9)10;;;;;;;;;;;/h13H,1-2H2,(H,7,8)(H,9,10)(H,11,12);;;;;2*1H2;;;;;. The molecule has 0 aliphatic heterocycles. The van der Waals surface area contributed by atoms with Crippen LogP contribution in [0.5, 0.6) is 0 Å². The SMILES string of the molecule is O.O.O=C(O)CC(O)(CC(=O)O)C(=O)O.[CaH2].[NaH].[NaH].[NaH]. The maximum atomic E-state index is 10.3. The molecule has 19 heavy (non-hydrogen) atoms. The Morgan fingerprint density at radius 1 is 0.789 bits per heavy atom. The van der Waals surface area contributed by atoms with Crippen molar-refractivity contribution in [3.63, 3.8) is 0 Å². The predicted octanol–water partition coefficient (Wildman–Crippen LogP) is -5.76.